The van der Waals surface area contributed by atoms with Crippen molar-refractivity contribution in [2.75, 3.05) is 0 Å². The molecule has 3 aliphatic rings. The third kappa shape index (κ3) is 5.26. The molecule has 0 amide bonds. The van der Waals surface area contributed by atoms with Crippen molar-refractivity contribution in [3.63, 3.8) is 0 Å². The van der Waals surface area contributed by atoms with Crippen LogP contribution in [0.1, 0.15) is 79.6 Å². The normalized spacial score (nSPS) is 37.9. The van der Waals surface area contributed by atoms with E-state index in [2.05, 4.69) is 51.7 Å². The van der Waals surface area contributed by atoms with Gasteiger partial charge in [-0.2, -0.15) is 0 Å². The lowest BCUT2D eigenvalue weighted by Crippen LogP contribution is -2.35. The first-order chi connectivity index (χ1) is 14.4. The van der Waals surface area contributed by atoms with Gasteiger partial charge in [-0.1, -0.05) is 62.8 Å². The Balaban J connectivity index is 1.73. The van der Waals surface area contributed by atoms with Gasteiger partial charge in [0.05, 0.1) is 17.8 Å². The number of aliphatic hydroxyl groups excluding tert-OH is 2. The minimum atomic E-state index is -0.681. The van der Waals surface area contributed by atoms with Crippen LogP contribution in [0.3, 0.4) is 0 Å². The monoisotopic (exact) mass is 428 g/mol. The molecule has 3 rings (SSSR count). The van der Waals surface area contributed by atoms with Gasteiger partial charge in [0.1, 0.15) is 0 Å². The zero-order chi connectivity index (χ0) is 23.0. The zero-order valence-electron chi connectivity index (χ0n) is 20.3. The lowest BCUT2D eigenvalue weighted by Gasteiger charge is -2.44. The largest absolute Gasteiger partial charge is 0.390 e. The molecule has 3 nitrogen and oxygen atoms in total. The highest BCUT2D eigenvalue weighted by atomic mass is 16.3. The topological polar surface area (TPSA) is 60.7 Å². The minimum Gasteiger partial charge on any atom is -0.390 e. The fraction of sp³-hybridized carbons (Fsp3) is 0.714. The summed E-state index contributed by atoms with van der Waals surface area (Å²) in [5, 5.41) is 30.5. The smallest absolute Gasteiger partial charge is 0.0809 e. The van der Waals surface area contributed by atoms with Crippen molar-refractivity contribution >= 4 is 0 Å². The van der Waals surface area contributed by atoms with Crippen LogP contribution in [0, 0.1) is 29.1 Å². The van der Waals surface area contributed by atoms with Crippen LogP contribution in [-0.4, -0.2) is 33.1 Å². The summed E-state index contributed by atoms with van der Waals surface area (Å²) in [5.74, 6) is 1.94. The molecule has 0 heterocycles. The summed E-state index contributed by atoms with van der Waals surface area (Å²) < 4.78 is 0. The summed E-state index contributed by atoms with van der Waals surface area (Å²) in [6.07, 6.45) is 15.1. The van der Waals surface area contributed by atoms with Crippen LogP contribution in [0.15, 0.2) is 47.6 Å². The molecule has 31 heavy (non-hydrogen) atoms. The molecule has 0 aromatic rings. The van der Waals surface area contributed by atoms with Crippen molar-refractivity contribution in [1.29, 1.82) is 0 Å². The Bertz CT molecular complexity index is 737. The maximum absolute atomic E-state index is 10.3. The second kappa shape index (κ2) is 9.37. The third-order valence-corrected chi connectivity index (χ3v) is 8.79. The summed E-state index contributed by atoms with van der Waals surface area (Å²) in [7, 11) is 0. The maximum atomic E-state index is 10.3. The summed E-state index contributed by atoms with van der Waals surface area (Å²) in [4.78, 5) is 0. The SMILES string of the molecule is C=C1[C@H](O)CC(=C/C=C2\CCC[C@]3(C)C([C@H](C)/C=C/[C@@H](C)C(C)(C)O)CC[C@@H]23)C[C@H]1O. The van der Waals surface area contributed by atoms with Crippen LogP contribution >= 0.6 is 0 Å². The van der Waals surface area contributed by atoms with Gasteiger partial charge in [0, 0.05) is 5.92 Å². The maximum Gasteiger partial charge on any atom is 0.0809 e. The van der Waals surface area contributed by atoms with E-state index in [1.807, 2.05) is 13.8 Å². The van der Waals surface area contributed by atoms with Crippen LogP contribution in [0.2, 0.25) is 0 Å². The summed E-state index contributed by atoms with van der Waals surface area (Å²) in [6, 6.07) is 0. The minimum absolute atomic E-state index is 0.144. The molecule has 3 aliphatic carbocycles. The molecular formula is C28H44O3. The molecular weight excluding hydrogens is 384 g/mol. The second-order valence-electron chi connectivity index (χ2n) is 11.4. The molecule has 1 unspecified atom stereocenters. The van der Waals surface area contributed by atoms with Gasteiger partial charge in [-0.25, -0.2) is 0 Å². The van der Waals surface area contributed by atoms with Gasteiger partial charge in [-0.15, -0.1) is 0 Å². The van der Waals surface area contributed by atoms with Gasteiger partial charge >= 0.3 is 0 Å². The van der Waals surface area contributed by atoms with Crippen molar-refractivity contribution < 1.29 is 15.3 Å². The van der Waals surface area contributed by atoms with E-state index in [1.54, 1.807) is 5.57 Å². The van der Waals surface area contributed by atoms with Crippen LogP contribution in [-0.2, 0) is 0 Å². The average molecular weight is 429 g/mol. The molecule has 0 bridgehead atoms. The lowest BCUT2D eigenvalue weighted by atomic mass is 9.61. The van der Waals surface area contributed by atoms with E-state index in [0.717, 1.165) is 12.0 Å². The van der Waals surface area contributed by atoms with Crippen LogP contribution in [0.25, 0.3) is 0 Å². The Hall–Kier alpha value is -1.16. The van der Waals surface area contributed by atoms with Crippen LogP contribution < -0.4 is 0 Å². The standard InChI is InChI=1S/C28H44O3/c1-18(9-10-19(2)27(4,5)31)23-13-14-24-22(8-7-15-28(23,24)6)12-11-21-16-25(29)20(3)26(30)17-21/h9-12,18-19,23-26,29-31H,3,7-8,13-17H2,1-2,4-6H3/b10-9+,22-12+/t18-,19-,23?,24+,25-,26-,28-/m1/s1. The number of hydrogen-bond acceptors (Lipinski definition) is 3. The second-order valence-corrected chi connectivity index (χ2v) is 11.4. The van der Waals surface area contributed by atoms with Gasteiger partial charge in [0.15, 0.2) is 0 Å². The molecule has 7 atom stereocenters. The summed E-state index contributed by atoms with van der Waals surface area (Å²) >= 11 is 0. The van der Waals surface area contributed by atoms with Gasteiger partial charge in [-0.05, 0) is 87.5 Å². The van der Waals surface area contributed by atoms with E-state index in [-0.39, 0.29) is 5.92 Å². The third-order valence-electron chi connectivity index (χ3n) is 8.79. The van der Waals surface area contributed by atoms with Gasteiger partial charge in [-0.3, -0.25) is 0 Å². The Kier molecular flexibility index (Phi) is 7.40. The fourth-order valence-electron chi connectivity index (χ4n) is 6.28. The Morgan fingerprint density at radius 1 is 1.06 bits per heavy atom. The number of hydrogen-bond donors (Lipinski definition) is 3. The number of fused-ring (bicyclic) bond motifs is 1. The summed E-state index contributed by atoms with van der Waals surface area (Å²) in [5.41, 5.74) is 2.87. The van der Waals surface area contributed by atoms with E-state index in [9.17, 15) is 15.3 Å². The van der Waals surface area contributed by atoms with E-state index < -0.39 is 17.8 Å². The van der Waals surface area contributed by atoms with Gasteiger partial charge in [0.25, 0.3) is 0 Å². The molecule has 0 saturated heterocycles. The van der Waals surface area contributed by atoms with Crippen molar-refractivity contribution in [3.8, 4) is 0 Å². The number of allylic oxidation sites excluding steroid dienone is 4. The zero-order valence-corrected chi connectivity index (χ0v) is 20.3. The molecule has 3 fully saturated rings. The number of aliphatic hydroxyl groups is 3. The Morgan fingerprint density at radius 3 is 2.32 bits per heavy atom. The number of rotatable bonds is 5. The average Bonchev–Trinajstić information content (AvgIpc) is 3.05. The van der Waals surface area contributed by atoms with Gasteiger partial charge in [0.2, 0.25) is 0 Å². The van der Waals surface area contributed by atoms with Gasteiger partial charge < -0.3 is 15.3 Å². The van der Waals surface area contributed by atoms with E-state index in [0.29, 0.717) is 41.6 Å². The van der Waals surface area contributed by atoms with Crippen molar-refractivity contribution in [3.05, 3.63) is 47.6 Å². The molecule has 0 radical (unpaired) electrons. The predicted molar refractivity (Wildman–Crippen MR) is 128 cm³/mol. The van der Waals surface area contributed by atoms with E-state index in [1.165, 1.54) is 25.7 Å². The quantitative estimate of drug-likeness (QED) is 0.490. The van der Waals surface area contributed by atoms with Crippen molar-refractivity contribution in [2.45, 2.75) is 97.4 Å². The Labute approximate surface area is 189 Å². The van der Waals surface area contributed by atoms with Crippen molar-refractivity contribution in [1.82, 2.24) is 0 Å². The highest BCUT2D eigenvalue weighted by molar-refractivity contribution is 5.29. The molecule has 3 saturated carbocycles. The molecule has 0 aromatic carbocycles. The predicted octanol–water partition coefficient (Wildman–Crippen LogP) is 5.73. The molecule has 0 aromatic heterocycles. The lowest BCUT2D eigenvalue weighted by molar-refractivity contribution is 0.0436. The van der Waals surface area contributed by atoms with Crippen molar-refractivity contribution in [2.24, 2.45) is 29.1 Å². The van der Waals surface area contributed by atoms with Crippen LogP contribution in [0.4, 0.5) is 0 Å². The molecule has 0 spiro atoms. The highest BCUT2D eigenvalue weighted by Crippen LogP contribution is 2.59. The summed E-state index contributed by atoms with van der Waals surface area (Å²) in [6.45, 7) is 14.5. The molecule has 3 heteroatoms. The Morgan fingerprint density at radius 2 is 1.71 bits per heavy atom. The van der Waals surface area contributed by atoms with E-state index in [4.69, 9.17) is 0 Å². The first-order valence-electron chi connectivity index (χ1n) is 12.3. The fourth-order valence-corrected chi connectivity index (χ4v) is 6.28. The molecule has 0 aliphatic heterocycles. The molecule has 174 valence electrons. The van der Waals surface area contributed by atoms with Crippen LogP contribution in [0.5, 0.6) is 0 Å². The highest BCUT2D eigenvalue weighted by Gasteiger charge is 2.50. The first-order valence-corrected chi connectivity index (χ1v) is 12.3. The van der Waals surface area contributed by atoms with E-state index >= 15 is 0 Å². The molecule has 3 N–H and O–H groups in total. The first kappa shape index (κ1) is 24.5.